The van der Waals surface area contributed by atoms with E-state index in [0.717, 1.165) is 36.1 Å². The second-order valence-electron chi connectivity index (χ2n) is 7.61. The number of hydrogen-bond acceptors (Lipinski definition) is 3. The van der Waals surface area contributed by atoms with Crippen molar-refractivity contribution in [2.24, 2.45) is 0 Å². The van der Waals surface area contributed by atoms with Gasteiger partial charge in [0.25, 0.3) is 5.91 Å². The van der Waals surface area contributed by atoms with E-state index in [4.69, 9.17) is 23.2 Å². The van der Waals surface area contributed by atoms with E-state index in [1.165, 1.54) is 0 Å². The molecule has 1 heterocycles. The third-order valence-corrected chi connectivity index (χ3v) is 5.99. The van der Waals surface area contributed by atoms with Crippen molar-refractivity contribution in [3.8, 4) is 16.9 Å². The van der Waals surface area contributed by atoms with Crippen LogP contribution in [0.5, 0.6) is 0 Å². The van der Waals surface area contributed by atoms with Gasteiger partial charge in [0.2, 0.25) is 0 Å². The van der Waals surface area contributed by atoms with Crippen molar-refractivity contribution in [2.75, 3.05) is 0 Å². The van der Waals surface area contributed by atoms with Gasteiger partial charge in [0.1, 0.15) is 0 Å². The van der Waals surface area contributed by atoms with Crippen molar-refractivity contribution in [1.82, 2.24) is 15.1 Å². The highest BCUT2D eigenvalue weighted by Gasteiger charge is 2.27. The smallest absolute Gasteiger partial charge is 0.272 e. The lowest BCUT2D eigenvalue weighted by Crippen LogP contribution is -2.40. The monoisotopic (exact) mass is 442 g/mol. The Morgan fingerprint density at radius 3 is 2.70 bits per heavy atom. The maximum absolute atomic E-state index is 13.1. The fraction of sp³-hybridized carbons (Fsp3) is 0.304. The molecule has 3 aromatic rings. The molecule has 1 radical (unpaired) electrons. The predicted molar refractivity (Wildman–Crippen MR) is 118 cm³/mol. The van der Waals surface area contributed by atoms with E-state index < -0.39 is 0 Å². The Labute approximate surface area is 185 Å². The van der Waals surface area contributed by atoms with Crippen LogP contribution in [-0.4, -0.2) is 32.9 Å². The van der Waals surface area contributed by atoms with Crippen LogP contribution in [0.1, 0.15) is 41.7 Å². The molecule has 0 saturated heterocycles. The summed E-state index contributed by atoms with van der Waals surface area (Å²) < 4.78 is 1.69. The van der Waals surface area contributed by atoms with Gasteiger partial charge in [-0.2, -0.15) is 5.10 Å². The quantitative estimate of drug-likeness (QED) is 0.597. The van der Waals surface area contributed by atoms with Crippen molar-refractivity contribution in [3.05, 3.63) is 69.8 Å². The molecule has 7 heteroatoms. The number of rotatable bonds is 4. The zero-order valence-corrected chi connectivity index (χ0v) is 18.0. The standard InChI is InChI=1S/C23H22Cl2N3O2/c1-14-21(23(30)26-17-8-5-9-18(29)13-17)27-28(20-11-10-16(24)12-19(20)25)22(14)15-6-3-2-4-7-15/h3-4,6-7,10-12,17-18,29H,5,8-9,13H2,1H3,(H,26,30). The van der Waals surface area contributed by atoms with Crippen LogP contribution in [0.4, 0.5) is 0 Å². The first kappa shape index (κ1) is 20.9. The van der Waals surface area contributed by atoms with Crippen molar-refractivity contribution in [3.63, 3.8) is 0 Å². The fourth-order valence-electron chi connectivity index (χ4n) is 3.97. The molecule has 4 rings (SSSR count). The minimum absolute atomic E-state index is 0.0558. The Morgan fingerprint density at radius 2 is 2.00 bits per heavy atom. The number of nitrogens with one attached hydrogen (secondary N) is 1. The first-order valence-electron chi connectivity index (χ1n) is 9.94. The lowest BCUT2D eigenvalue weighted by atomic mass is 9.93. The predicted octanol–water partition coefficient (Wildman–Crippen LogP) is 4.99. The highest BCUT2D eigenvalue weighted by atomic mass is 35.5. The molecular weight excluding hydrogens is 421 g/mol. The number of carbonyl (C=O) groups excluding carboxylic acids is 1. The Hall–Kier alpha value is -2.34. The molecule has 2 unspecified atom stereocenters. The van der Waals surface area contributed by atoms with E-state index in [-0.39, 0.29) is 18.1 Å². The van der Waals surface area contributed by atoms with Gasteiger partial charge in [-0.1, -0.05) is 47.5 Å². The van der Waals surface area contributed by atoms with Crippen LogP contribution in [0.15, 0.2) is 42.5 Å². The number of halogens is 2. The van der Waals surface area contributed by atoms with Gasteiger partial charge >= 0.3 is 0 Å². The molecule has 2 N–H and O–H groups in total. The summed E-state index contributed by atoms with van der Waals surface area (Å²) in [6, 6.07) is 15.6. The van der Waals surface area contributed by atoms with E-state index >= 15 is 0 Å². The summed E-state index contributed by atoms with van der Waals surface area (Å²) in [5.41, 5.74) is 3.41. The zero-order chi connectivity index (χ0) is 21.3. The summed E-state index contributed by atoms with van der Waals surface area (Å²) >= 11 is 12.5. The second kappa shape index (κ2) is 8.80. The van der Waals surface area contributed by atoms with Gasteiger partial charge in [-0.25, -0.2) is 4.68 Å². The summed E-state index contributed by atoms with van der Waals surface area (Å²) in [5, 5.41) is 18.6. The minimum Gasteiger partial charge on any atom is -0.393 e. The Balaban J connectivity index is 1.77. The molecule has 1 amide bonds. The van der Waals surface area contributed by atoms with Gasteiger partial charge in [0.05, 0.1) is 22.5 Å². The van der Waals surface area contributed by atoms with Crippen molar-refractivity contribution < 1.29 is 9.90 Å². The maximum Gasteiger partial charge on any atom is 0.272 e. The highest BCUT2D eigenvalue weighted by Crippen LogP contribution is 2.32. The first-order valence-corrected chi connectivity index (χ1v) is 10.7. The van der Waals surface area contributed by atoms with Crippen molar-refractivity contribution in [2.45, 2.75) is 44.8 Å². The molecule has 2 aromatic carbocycles. The Morgan fingerprint density at radius 1 is 1.23 bits per heavy atom. The van der Waals surface area contributed by atoms with E-state index in [2.05, 4.69) is 16.5 Å². The van der Waals surface area contributed by atoms with Gasteiger partial charge in [-0.15, -0.1) is 0 Å². The van der Waals surface area contributed by atoms with Crippen LogP contribution in [0, 0.1) is 13.0 Å². The molecule has 1 aliphatic rings. The van der Waals surface area contributed by atoms with E-state index in [1.54, 1.807) is 22.9 Å². The molecule has 5 nitrogen and oxygen atoms in total. The molecule has 155 valence electrons. The number of hydrogen-bond donors (Lipinski definition) is 2. The summed E-state index contributed by atoms with van der Waals surface area (Å²) in [6.07, 6.45) is 2.73. The fourth-order valence-corrected chi connectivity index (χ4v) is 4.46. The van der Waals surface area contributed by atoms with Crippen LogP contribution in [0.2, 0.25) is 10.0 Å². The largest absolute Gasteiger partial charge is 0.393 e. The first-order chi connectivity index (χ1) is 14.4. The second-order valence-corrected chi connectivity index (χ2v) is 8.45. The molecule has 2 atom stereocenters. The van der Waals surface area contributed by atoms with Crippen molar-refractivity contribution >= 4 is 29.1 Å². The van der Waals surface area contributed by atoms with Gasteiger partial charge in [0.15, 0.2) is 5.69 Å². The number of nitrogens with zero attached hydrogens (tertiary/aromatic N) is 2. The molecule has 30 heavy (non-hydrogen) atoms. The van der Waals surface area contributed by atoms with E-state index in [1.807, 2.05) is 31.2 Å². The molecular formula is C23H22Cl2N3O2. The SMILES string of the molecule is Cc1c(C(=O)NC2CCCC(O)C2)nn(-c2ccc(Cl)cc2Cl)c1-c1cc[c]cc1. The summed E-state index contributed by atoms with van der Waals surface area (Å²) in [4.78, 5) is 13.1. The average molecular weight is 443 g/mol. The van der Waals surface area contributed by atoms with Crippen LogP contribution in [0.25, 0.3) is 16.9 Å². The van der Waals surface area contributed by atoms with Crippen LogP contribution in [-0.2, 0) is 0 Å². The number of aliphatic hydroxyl groups is 1. The molecule has 0 bridgehead atoms. The Bertz CT molecular complexity index is 1070. The molecule has 1 saturated carbocycles. The van der Waals surface area contributed by atoms with Gasteiger partial charge in [-0.05, 0) is 56.9 Å². The third kappa shape index (κ3) is 4.24. The van der Waals surface area contributed by atoms with Gasteiger partial charge in [-0.3, -0.25) is 4.79 Å². The maximum atomic E-state index is 13.1. The average Bonchev–Trinajstić information content (AvgIpc) is 3.05. The zero-order valence-electron chi connectivity index (χ0n) is 16.5. The number of aliphatic hydroxyl groups excluding tert-OH is 1. The van der Waals surface area contributed by atoms with E-state index in [0.29, 0.717) is 27.8 Å². The van der Waals surface area contributed by atoms with Crippen LogP contribution in [0.3, 0.4) is 0 Å². The molecule has 0 spiro atoms. The normalized spacial score (nSPS) is 18.9. The van der Waals surface area contributed by atoms with Gasteiger partial charge in [0, 0.05) is 22.2 Å². The molecule has 1 fully saturated rings. The molecule has 0 aliphatic heterocycles. The lowest BCUT2D eigenvalue weighted by molar-refractivity contribution is 0.0844. The lowest BCUT2D eigenvalue weighted by Gasteiger charge is -2.26. The number of benzene rings is 2. The van der Waals surface area contributed by atoms with Crippen LogP contribution < -0.4 is 5.32 Å². The number of amides is 1. The molecule has 1 aliphatic carbocycles. The van der Waals surface area contributed by atoms with Crippen molar-refractivity contribution in [1.29, 1.82) is 0 Å². The number of carbonyl (C=O) groups is 1. The highest BCUT2D eigenvalue weighted by molar-refractivity contribution is 6.35. The molecule has 1 aromatic heterocycles. The van der Waals surface area contributed by atoms with Gasteiger partial charge < -0.3 is 10.4 Å². The minimum atomic E-state index is -0.369. The topological polar surface area (TPSA) is 67.2 Å². The third-order valence-electron chi connectivity index (χ3n) is 5.45. The summed E-state index contributed by atoms with van der Waals surface area (Å²) in [6.45, 7) is 1.88. The summed E-state index contributed by atoms with van der Waals surface area (Å²) in [5.74, 6) is -0.251. The Kier molecular flexibility index (Phi) is 6.14. The summed E-state index contributed by atoms with van der Waals surface area (Å²) in [7, 11) is 0. The number of aromatic nitrogens is 2. The van der Waals surface area contributed by atoms with E-state index in [9.17, 15) is 9.90 Å². The van der Waals surface area contributed by atoms with Crippen LogP contribution >= 0.6 is 23.2 Å².